The number of nitrogens with one attached hydrogen (secondary N) is 2. The van der Waals surface area contributed by atoms with E-state index < -0.39 is 24.0 Å². The first kappa shape index (κ1) is 30.8. The predicted octanol–water partition coefficient (Wildman–Crippen LogP) is 5.68. The second kappa shape index (κ2) is 14.3. The Morgan fingerprint density at radius 2 is 0.943 bits per heavy atom. The van der Waals surface area contributed by atoms with Gasteiger partial charge in [0.2, 0.25) is 0 Å². The van der Waals surface area contributed by atoms with Gasteiger partial charge < -0.3 is 21.7 Å². The Bertz CT molecular complexity index is 1210. The van der Waals surface area contributed by atoms with Crippen LogP contribution < -0.4 is 10.6 Å². The first-order valence-corrected chi connectivity index (χ1v) is 11.6. The zero-order chi connectivity index (χ0) is 25.4. The van der Waals surface area contributed by atoms with Gasteiger partial charge in [-0.05, 0) is 55.4 Å². The maximum absolute atomic E-state index is 9.51. The number of carbonyl (C=O) groups is 2. The molecule has 6 nitrogen and oxygen atoms in total. The summed E-state index contributed by atoms with van der Waals surface area (Å²) in [5, 5.41) is 23.2. The molecule has 9 heteroatoms. The molecule has 4 aromatic carbocycles. The van der Waals surface area contributed by atoms with Gasteiger partial charge >= 0.3 is 19.5 Å². The molecule has 0 aliphatic rings. The Morgan fingerprint density at radius 1 is 0.657 bits per heavy atom. The van der Waals surface area contributed by atoms with Crippen LogP contribution in [0.4, 0.5) is 0 Å². The van der Waals surface area contributed by atoms with Crippen molar-refractivity contribution in [1.82, 2.24) is 0 Å². The molecule has 0 radical (unpaired) electrons. The molecule has 0 aromatic heterocycles. The third-order valence-corrected chi connectivity index (χ3v) is 5.88. The molecule has 35 heavy (non-hydrogen) atoms. The zero-order valence-corrected chi connectivity index (χ0v) is 23.3. The van der Waals surface area contributed by atoms with Crippen LogP contribution in [0.3, 0.4) is 0 Å². The summed E-state index contributed by atoms with van der Waals surface area (Å²) in [6.45, 7) is 2.62. The molecule has 2 unspecified atom stereocenters. The fourth-order valence-electron chi connectivity index (χ4n) is 3.13. The smallest absolute Gasteiger partial charge is 0.666 e. The molecule has 0 heterocycles. The van der Waals surface area contributed by atoms with Gasteiger partial charge in [-0.15, -0.1) is 18.5 Å². The molecule has 0 spiro atoms. The molecule has 0 bridgehead atoms. The number of aliphatic carboxylic acids is 2. The first-order chi connectivity index (χ1) is 16.0. The van der Waals surface area contributed by atoms with Gasteiger partial charge in [-0.25, -0.2) is 0 Å². The molecule has 184 valence electrons. The van der Waals surface area contributed by atoms with Crippen LogP contribution in [0.5, 0.6) is 0 Å². The number of hydrogen-bond acceptors (Lipinski definition) is 2. The van der Waals surface area contributed by atoms with Gasteiger partial charge in [0.1, 0.15) is 0 Å². The fraction of sp³-hybridized carbons (Fsp3) is 0.154. The molecular weight excluding hydrogens is 567 g/mol. The van der Waals surface area contributed by atoms with Crippen molar-refractivity contribution in [2.24, 2.45) is 0 Å². The van der Waals surface area contributed by atoms with Crippen LogP contribution in [0.2, 0.25) is 0 Å². The topological polar surface area (TPSA) is 122 Å². The van der Waals surface area contributed by atoms with Crippen molar-refractivity contribution < 1.29 is 39.3 Å². The number of hydrogen-bond donors (Lipinski definition) is 2. The molecule has 4 rings (SSSR count). The van der Waals surface area contributed by atoms with Crippen molar-refractivity contribution in [1.29, 1.82) is 0 Å². The van der Waals surface area contributed by atoms with Crippen molar-refractivity contribution in [3.63, 3.8) is 0 Å². The maximum Gasteiger partial charge on any atom is 2.00 e. The average Bonchev–Trinajstić information content (AvgIpc) is 2.80. The van der Waals surface area contributed by atoms with Crippen LogP contribution in [0.15, 0.2) is 72.8 Å². The maximum atomic E-state index is 9.51. The van der Waals surface area contributed by atoms with E-state index in [1.165, 1.54) is 57.1 Å². The largest absolute Gasteiger partial charge is 2.00 e. The summed E-state index contributed by atoms with van der Waals surface area (Å²) in [5.41, 5.74) is 15.5. The van der Waals surface area contributed by atoms with E-state index in [4.69, 9.17) is 21.7 Å². The van der Waals surface area contributed by atoms with Gasteiger partial charge in [0, 0.05) is 0 Å². The summed E-state index contributed by atoms with van der Waals surface area (Å²) >= 11 is 0. The molecule has 0 aliphatic heterocycles. The predicted molar refractivity (Wildman–Crippen MR) is 148 cm³/mol. The molecule has 0 saturated carbocycles. The minimum atomic E-state index is -1.07. The zero-order valence-electron chi connectivity index (χ0n) is 19.3. The van der Waals surface area contributed by atoms with Crippen LogP contribution in [-0.2, 0) is 29.1 Å². The summed E-state index contributed by atoms with van der Waals surface area (Å²) in [4.78, 5) is 19.0. The SMILES string of the molecule is C[C@H]([NH-])C(=O)O.C[C@H]([NH-])C(=O)O.Pc1ccc2ccccc2c1-c1c(P)ccc2ccccc12.[Ru+2]. The van der Waals surface area contributed by atoms with Crippen molar-refractivity contribution in [3.05, 3.63) is 84.3 Å². The molecule has 4 atom stereocenters. The number of benzene rings is 4. The van der Waals surface area contributed by atoms with E-state index in [1.807, 2.05) is 0 Å². The molecule has 4 N–H and O–H groups in total. The Kier molecular flexibility index (Phi) is 12.6. The van der Waals surface area contributed by atoms with Crippen LogP contribution in [0.25, 0.3) is 44.1 Å². The normalized spacial score (nSPS) is 11.7. The molecule has 4 aromatic rings. The van der Waals surface area contributed by atoms with Gasteiger partial charge in [0.15, 0.2) is 0 Å². The van der Waals surface area contributed by atoms with Crippen molar-refractivity contribution in [3.8, 4) is 11.1 Å². The quantitative estimate of drug-likeness (QED) is 0.234. The Hall–Kier alpha value is -2.26. The van der Waals surface area contributed by atoms with E-state index in [0.29, 0.717) is 0 Å². The third-order valence-electron chi connectivity index (χ3n) is 4.91. The van der Waals surface area contributed by atoms with Crippen LogP contribution >= 0.6 is 18.5 Å². The van der Waals surface area contributed by atoms with Crippen molar-refractivity contribution in [2.45, 2.75) is 25.9 Å². The van der Waals surface area contributed by atoms with Crippen molar-refractivity contribution in [2.75, 3.05) is 0 Å². The molecular formula is C26H28N2O4P2Ru. The van der Waals surface area contributed by atoms with Gasteiger partial charge in [-0.2, -0.15) is 0 Å². The van der Waals surface area contributed by atoms with Gasteiger partial charge in [0.05, 0.1) is 0 Å². The van der Waals surface area contributed by atoms with E-state index in [0.717, 1.165) is 0 Å². The molecule has 0 amide bonds. The molecule has 0 fully saturated rings. The van der Waals surface area contributed by atoms with Gasteiger partial charge in [0.25, 0.3) is 11.9 Å². The summed E-state index contributed by atoms with van der Waals surface area (Å²) in [7, 11) is 5.79. The van der Waals surface area contributed by atoms with E-state index in [1.54, 1.807) is 0 Å². The van der Waals surface area contributed by atoms with Crippen LogP contribution in [0, 0.1) is 0 Å². The van der Waals surface area contributed by atoms with E-state index in [-0.39, 0.29) is 19.5 Å². The van der Waals surface area contributed by atoms with Gasteiger partial charge in [-0.1, -0.05) is 86.6 Å². The second-order valence-corrected chi connectivity index (χ2v) is 8.87. The number of carboxylic acids is 2. The Labute approximate surface area is 222 Å². The standard InChI is InChI=1S/C20H16P2.2C3H6NO2.Ru/c21-17-11-9-13-5-1-3-7-15(13)19(17)20-16-8-4-2-6-14(16)10-12-18(20)22;2*1-2(4)3(5)6;/h1-12H,21-22H2;2*2,4H,1H3,(H,5,6);/q;2*-1;+2/t;2*2-;/m.00./s1. The second-order valence-electron chi connectivity index (χ2n) is 7.62. The Balaban J connectivity index is 0.000000397. The summed E-state index contributed by atoms with van der Waals surface area (Å²) in [5.74, 6) is -2.15. The Morgan fingerprint density at radius 3 is 1.23 bits per heavy atom. The fourth-order valence-corrected chi connectivity index (χ4v) is 3.93. The minimum absolute atomic E-state index is 0. The van der Waals surface area contributed by atoms with E-state index >= 15 is 0 Å². The van der Waals surface area contributed by atoms with Gasteiger partial charge in [-0.3, -0.25) is 9.59 Å². The number of carboxylic acid groups (broad SMARTS) is 2. The summed E-state index contributed by atoms with van der Waals surface area (Å²) < 4.78 is 0. The third kappa shape index (κ3) is 8.42. The number of fused-ring (bicyclic) bond motifs is 2. The first-order valence-electron chi connectivity index (χ1n) is 10.5. The van der Waals surface area contributed by atoms with E-state index in [2.05, 4.69) is 91.3 Å². The molecule has 0 saturated heterocycles. The average molecular weight is 596 g/mol. The minimum Gasteiger partial charge on any atom is -0.666 e. The van der Waals surface area contributed by atoms with Crippen LogP contribution in [0.1, 0.15) is 13.8 Å². The summed E-state index contributed by atoms with van der Waals surface area (Å²) in [6.07, 6.45) is 0. The van der Waals surface area contributed by atoms with Crippen molar-refractivity contribution >= 4 is 62.6 Å². The monoisotopic (exact) mass is 596 g/mol. The van der Waals surface area contributed by atoms with E-state index in [9.17, 15) is 9.59 Å². The molecule has 0 aliphatic carbocycles. The number of rotatable bonds is 3. The summed E-state index contributed by atoms with van der Waals surface area (Å²) in [6, 6.07) is 24.0. The van der Waals surface area contributed by atoms with Crippen LogP contribution in [-0.4, -0.2) is 34.2 Å².